The molecule has 1 N–H and O–H groups in total. The maximum atomic E-state index is 13.0. The highest BCUT2D eigenvalue weighted by Gasteiger charge is 2.36. The predicted molar refractivity (Wildman–Crippen MR) is 130 cm³/mol. The Bertz CT molecular complexity index is 727. The Kier molecular flexibility index (Phi) is 8.97. The van der Waals surface area contributed by atoms with Crippen molar-refractivity contribution in [3.63, 3.8) is 0 Å². The van der Waals surface area contributed by atoms with E-state index >= 15 is 0 Å². The number of nitrogens with zero attached hydrogens (tertiary/aromatic N) is 2. The first-order valence-corrected chi connectivity index (χ1v) is 15.2. The number of anilines is 1. The standard InChI is InChI=1S/C21H37N3O3S2Si/c1-13(2)9-16(18(21(4,5)6)27-30(7)8)22-19(26)17-12-28-20(23-17)24-10-15(11-24)29-14(3)25/h12-13,15-16,18,30H,9-11H2,1-8H3,(H,22,26)/t16-,18?/m0/s1. The van der Waals surface area contributed by atoms with Crippen LogP contribution in [0.2, 0.25) is 13.1 Å². The van der Waals surface area contributed by atoms with Crippen LogP contribution in [0.1, 0.15) is 58.5 Å². The highest BCUT2D eigenvalue weighted by Crippen LogP contribution is 2.31. The lowest BCUT2D eigenvalue weighted by Gasteiger charge is -2.39. The normalized spacial score (nSPS) is 17.2. The van der Waals surface area contributed by atoms with Gasteiger partial charge in [-0.05, 0) is 30.8 Å². The van der Waals surface area contributed by atoms with E-state index in [9.17, 15) is 9.59 Å². The molecule has 1 fully saturated rings. The molecule has 0 spiro atoms. The summed E-state index contributed by atoms with van der Waals surface area (Å²) in [6.07, 6.45) is 0.829. The summed E-state index contributed by atoms with van der Waals surface area (Å²) in [5.74, 6) is 0.307. The lowest BCUT2D eigenvalue weighted by molar-refractivity contribution is -0.109. The van der Waals surface area contributed by atoms with Crippen molar-refractivity contribution in [2.45, 2.75) is 78.5 Å². The number of carbonyl (C=O) groups is 2. The van der Waals surface area contributed by atoms with Gasteiger partial charge in [-0.25, -0.2) is 4.98 Å². The summed E-state index contributed by atoms with van der Waals surface area (Å²) in [5.41, 5.74) is 0.388. The second-order valence-corrected chi connectivity index (χ2v) is 14.5. The van der Waals surface area contributed by atoms with Crippen LogP contribution >= 0.6 is 23.1 Å². The van der Waals surface area contributed by atoms with Crippen molar-refractivity contribution in [2.24, 2.45) is 11.3 Å². The van der Waals surface area contributed by atoms with Gasteiger partial charge in [-0.3, -0.25) is 9.59 Å². The molecule has 9 heteroatoms. The smallest absolute Gasteiger partial charge is 0.271 e. The average molecular weight is 472 g/mol. The van der Waals surface area contributed by atoms with Gasteiger partial charge in [-0.1, -0.05) is 46.4 Å². The highest BCUT2D eigenvalue weighted by atomic mass is 32.2. The summed E-state index contributed by atoms with van der Waals surface area (Å²) >= 11 is 2.87. The molecular formula is C21H37N3O3S2Si. The molecule has 30 heavy (non-hydrogen) atoms. The van der Waals surface area contributed by atoms with Crippen LogP contribution in [0.25, 0.3) is 0 Å². The van der Waals surface area contributed by atoms with Crippen LogP contribution in [0.3, 0.4) is 0 Å². The van der Waals surface area contributed by atoms with Crippen molar-refractivity contribution >= 4 is 48.3 Å². The van der Waals surface area contributed by atoms with Gasteiger partial charge in [0.2, 0.25) is 0 Å². The molecule has 2 rings (SSSR count). The molecule has 1 aromatic rings. The molecule has 1 unspecified atom stereocenters. The Morgan fingerprint density at radius 1 is 1.37 bits per heavy atom. The molecule has 0 aromatic carbocycles. The third kappa shape index (κ3) is 7.35. The minimum absolute atomic E-state index is 0.0339. The third-order valence-corrected chi connectivity index (χ3v) is 7.56. The molecule has 1 amide bonds. The number of nitrogens with one attached hydrogen (secondary N) is 1. The van der Waals surface area contributed by atoms with Crippen LogP contribution in [0.4, 0.5) is 5.13 Å². The minimum atomic E-state index is -1.27. The summed E-state index contributed by atoms with van der Waals surface area (Å²) in [6.45, 7) is 18.4. The zero-order chi connectivity index (χ0) is 22.6. The topological polar surface area (TPSA) is 71.5 Å². The summed E-state index contributed by atoms with van der Waals surface area (Å²) in [6, 6.07) is -0.0575. The van der Waals surface area contributed by atoms with E-state index in [1.165, 1.54) is 23.1 Å². The molecule has 170 valence electrons. The minimum Gasteiger partial charge on any atom is -0.415 e. The first-order valence-electron chi connectivity index (χ1n) is 10.7. The van der Waals surface area contributed by atoms with Crippen LogP contribution in [-0.4, -0.2) is 55.5 Å². The summed E-state index contributed by atoms with van der Waals surface area (Å²) in [4.78, 5) is 30.9. The Morgan fingerprint density at radius 2 is 2.00 bits per heavy atom. The monoisotopic (exact) mass is 471 g/mol. The lowest BCUT2D eigenvalue weighted by Crippen LogP contribution is -2.52. The Balaban J connectivity index is 2.07. The molecule has 0 radical (unpaired) electrons. The fourth-order valence-electron chi connectivity index (χ4n) is 3.62. The molecule has 6 nitrogen and oxygen atoms in total. The van der Waals surface area contributed by atoms with Gasteiger partial charge in [-0.2, -0.15) is 0 Å². The number of thioether (sulfide) groups is 1. The van der Waals surface area contributed by atoms with Crippen molar-refractivity contribution < 1.29 is 14.0 Å². The number of carbonyl (C=O) groups excluding carboxylic acids is 2. The van der Waals surface area contributed by atoms with Crippen LogP contribution in [-0.2, 0) is 9.22 Å². The first kappa shape index (κ1) is 25.4. The van der Waals surface area contributed by atoms with Gasteiger partial charge in [0.15, 0.2) is 19.3 Å². The molecule has 1 aliphatic rings. The van der Waals surface area contributed by atoms with E-state index in [1.807, 2.05) is 5.38 Å². The summed E-state index contributed by atoms with van der Waals surface area (Å²) in [5, 5.41) is 6.38. The third-order valence-electron chi connectivity index (χ3n) is 4.86. The molecule has 0 aliphatic carbocycles. The van der Waals surface area contributed by atoms with Gasteiger partial charge >= 0.3 is 0 Å². The van der Waals surface area contributed by atoms with Crippen LogP contribution in [0, 0.1) is 11.3 Å². The summed E-state index contributed by atoms with van der Waals surface area (Å²) < 4.78 is 6.40. The van der Waals surface area contributed by atoms with Crippen molar-refractivity contribution in [1.82, 2.24) is 10.3 Å². The van der Waals surface area contributed by atoms with Crippen molar-refractivity contribution in [3.8, 4) is 0 Å². The van der Waals surface area contributed by atoms with E-state index in [-0.39, 0.29) is 28.6 Å². The maximum absolute atomic E-state index is 13.0. The van der Waals surface area contributed by atoms with Crippen molar-refractivity contribution in [1.29, 1.82) is 0 Å². The molecule has 2 atom stereocenters. The van der Waals surface area contributed by atoms with Crippen LogP contribution < -0.4 is 10.2 Å². The lowest BCUT2D eigenvalue weighted by atomic mass is 9.82. The Hall–Kier alpha value is -0.903. The zero-order valence-electron chi connectivity index (χ0n) is 19.5. The van der Waals surface area contributed by atoms with E-state index in [4.69, 9.17) is 4.43 Å². The van der Waals surface area contributed by atoms with Crippen LogP contribution in [0.15, 0.2) is 5.38 Å². The van der Waals surface area contributed by atoms with E-state index in [0.29, 0.717) is 16.9 Å². The molecule has 1 saturated heterocycles. The van der Waals surface area contributed by atoms with Gasteiger partial charge in [0.1, 0.15) is 5.69 Å². The van der Waals surface area contributed by atoms with Crippen molar-refractivity contribution in [3.05, 3.63) is 11.1 Å². The fraction of sp³-hybridized carbons (Fsp3) is 0.762. The Morgan fingerprint density at radius 3 is 2.50 bits per heavy atom. The van der Waals surface area contributed by atoms with E-state index in [2.05, 4.69) is 62.9 Å². The van der Waals surface area contributed by atoms with E-state index in [0.717, 1.165) is 24.6 Å². The molecule has 0 saturated carbocycles. The van der Waals surface area contributed by atoms with Crippen molar-refractivity contribution in [2.75, 3.05) is 18.0 Å². The average Bonchev–Trinajstić information content (AvgIpc) is 3.02. The van der Waals surface area contributed by atoms with Gasteiger partial charge < -0.3 is 14.6 Å². The van der Waals surface area contributed by atoms with Gasteiger partial charge in [-0.15, -0.1) is 11.3 Å². The number of rotatable bonds is 9. The number of hydrogen-bond donors (Lipinski definition) is 1. The SMILES string of the molecule is CC(=O)SC1CN(c2nc(C(=O)N[C@@H](CC(C)C)C(O[SiH](C)C)C(C)(C)C)cs2)C1. The van der Waals surface area contributed by atoms with E-state index < -0.39 is 9.04 Å². The highest BCUT2D eigenvalue weighted by molar-refractivity contribution is 8.14. The first-order chi connectivity index (χ1) is 13.9. The van der Waals surface area contributed by atoms with Gasteiger partial charge in [0.25, 0.3) is 5.91 Å². The number of amides is 1. The van der Waals surface area contributed by atoms with Gasteiger partial charge in [0, 0.05) is 30.6 Å². The van der Waals surface area contributed by atoms with Crippen LogP contribution in [0.5, 0.6) is 0 Å². The molecular weight excluding hydrogens is 434 g/mol. The Labute approximate surface area is 191 Å². The maximum Gasteiger partial charge on any atom is 0.271 e. The predicted octanol–water partition coefficient (Wildman–Crippen LogP) is 4.17. The number of aromatic nitrogens is 1. The molecule has 2 heterocycles. The fourth-order valence-corrected chi connectivity index (χ4v) is 6.61. The molecule has 0 bridgehead atoms. The second kappa shape index (κ2) is 10.6. The second-order valence-electron chi connectivity index (χ2n) is 9.83. The summed E-state index contributed by atoms with van der Waals surface area (Å²) in [7, 11) is -1.27. The molecule has 1 aromatic heterocycles. The zero-order valence-corrected chi connectivity index (χ0v) is 22.3. The van der Waals surface area contributed by atoms with Gasteiger partial charge in [0.05, 0.1) is 12.1 Å². The number of hydrogen-bond acceptors (Lipinski definition) is 7. The van der Waals surface area contributed by atoms with E-state index in [1.54, 1.807) is 6.92 Å². The quantitative estimate of drug-likeness (QED) is 0.545. The number of thiazole rings is 1. The largest absolute Gasteiger partial charge is 0.415 e. The molecule has 1 aliphatic heterocycles.